The molecule has 0 spiro atoms. The van der Waals surface area contributed by atoms with Gasteiger partial charge in [0.1, 0.15) is 0 Å². The second-order valence-electron chi connectivity index (χ2n) is 4.48. The topological polar surface area (TPSA) is 12.0 Å². The van der Waals surface area contributed by atoms with E-state index in [1.54, 1.807) is 11.3 Å². The Morgan fingerprint density at radius 1 is 1.29 bits per heavy atom. The second-order valence-corrected chi connectivity index (χ2v) is 6.40. The van der Waals surface area contributed by atoms with E-state index in [1.165, 1.54) is 28.7 Å². The molecule has 0 saturated heterocycles. The third-order valence-electron chi connectivity index (χ3n) is 3.18. The van der Waals surface area contributed by atoms with Crippen molar-refractivity contribution < 1.29 is 0 Å². The van der Waals surface area contributed by atoms with Crippen molar-refractivity contribution in [3.8, 4) is 0 Å². The first-order valence-corrected chi connectivity index (χ1v) is 7.33. The van der Waals surface area contributed by atoms with Crippen molar-refractivity contribution in [3.63, 3.8) is 0 Å². The van der Waals surface area contributed by atoms with Gasteiger partial charge in [0.2, 0.25) is 0 Å². The third-order valence-corrected chi connectivity index (χ3v) is 5.16. The standard InChI is InChI=1S/C13H13Cl2NS/c1-16-6-10-11(7-2-3-7)12-8(14)4-5-9(15)13(12)17-10/h4-5,7,16H,2-3,6H2,1H3. The highest BCUT2D eigenvalue weighted by atomic mass is 35.5. The lowest BCUT2D eigenvalue weighted by Gasteiger charge is -2.03. The molecule has 1 aliphatic carbocycles. The Morgan fingerprint density at radius 3 is 2.65 bits per heavy atom. The fourth-order valence-corrected chi connectivity index (χ4v) is 4.21. The van der Waals surface area contributed by atoms with E-state index in [0.29, 0.717) is 5.92 Å². The number of fused-ring (bicyclic) bond motifs is 1. The van der Waals surface area contributed by atoms with Crippen LogP contribution in [0.2, 0.25) is 10.0 Å². The Balaban J connectivity index is 2.30. The molecule has 0 radical (unpaired) electrons. The average Bonchev–Trinajstić information content (AvgIpc) is 3.06. The summed E-state index contributed by atoms with van der Waals surface area (Å²) < 4.78 is 1.14. The molecular formula is C13H13Cl2NS. The first kappa shape index (κ1) is 11.8. The Labute approximate surface area is 115 Å². The highest BCUT2D eigenvalue weighted by Gasteiger charge is 2.30. The van der Waals surface area contributed by atoms with E-state index in [9.17, 15) is 0 Å². The molecule has 1 heterocycles. The fourth-order valence-electron chi connectivity index (χ4n) is 2.30. The van der Waals surface area contributed by atoms with Gasteiger partial charge in [-0.2, -0.15) is 0 Å². The molecular weight excluding hydrogens is 273 g/mol. The van der Waals surface area contributed by atoms with Gasteiger partial charge in [0, 0.05) is 21.8 Å². The van der Waals surface area contributed by atoms with Gasteiger partial charge in [-0.3, -0.25) is 0 Å². The second kappa shape index (κ2) is 4.43. The molecule has 4 heteroatoms. The van der Waals surface area contributed by atoms with Crippen LogP contribution in [0.15, 0.2) is 12.1 Å². The van der Waals surface area contributed by atoms with Crippen molar-refractivity contribution >= 4 is 44.6 Å². The average molecular weight is 286 g/mol. The number of nitrogens with one attached hydrogen (secondary N) is 1. The van der Waals surface area contributed by atoms with Gasteiger partial charge >= 0.3 is 0 Å². The van der Waals surface area contributed by atoms with E-state index >= 15 is 0 Å². The normalized spacial score (nSPS) is 15.7. The zero-order valence-corrected chi connectivity index (χ0v) is 11.8. The van der Waals surface area contributed by atoms with E-state index in [4.69, 9.17) is 23.2 Å². The highest BCUT2D eigenvalue weighted by molar-refractivity contribution is 7.20. The summed E-state index contributed by atoms with van der Waals surface area (Å²) in [6.07, 6.45) is 2.57. The van der Waals surface area contributed by atoms with Gasteiger partial charge in [-0.1, -0.05) is 23.2 Å². The van der Waals surface area contributed by atoms with Crippen LogP contribution in [0.25, 0.3) is 10.1 Å². The first-order chi connectivity index (χ1) is 8.22. The van der Waals surface area contributed by atoms with Gasteiger partial charge in [-0.05, 0) is 43.5 Å². The van der Waals surface area contributed by atoms with Crippen LogP contribution in [0.3, 0.4) is 0 Å². The molecule has 1 saturated carbocycles. The molecule has 0 unspecified atom stereocenters. The highest BCUT2D eigenvalue weighted by Crippen LogP contribution is 2.50. The largest absolute Gasteiger partial charge is 0.315 e. The molecule has 0 bridgehead atoms. The smallest absolute Gasteiger partial charge is 0.0585 e. The van der Waals surface area contributed by atoms with Gasteiger partial charge < -0.3 is 5.32 Å². The van der Waals surface area contributed by atoms with Crippen LogP contribution in [-0.4, -0.2) is 7.05 Å². The molecule has 1 aliphatic rings. The summed E-state index contributed by atoms with van der Waals surface area (Å²) in [5.74, 6) is 0.697. The lowest BCUT2D eigenvalue weighted by molar-refractivity contribution is 0.821. The van der Waals surface area contributed by atoms with E-state index in [2.05, 4.69) is 5.32 Å². The predicted octanol–water partition coefficient (Wildman–Crippen LogP) is 4.80. The van der Waals surface area contributed by atoms with Crippen LogP contribution in [0, 0.1) is 0 Å². The van der Waals surface area contributed by atoms with Gasteiger partial charge in [-0.15, -0.1) is 11.3 Å². The first-order valence-electron chi connectivity index (χ1n) is 5.76. The van der Waals surface area contributed by atoms with Crippen molar-refractivity contribution in [2.75, 3.05) is 7.05 Å². The summed E-state index contributed by atoms with van der Waals surface area (Å²) in [4.78, 5) is 1.39. The number of rotatable bonds is 3. The van der Waals surface area contributed by atoms with Crippen molar-refractivity contribution in [1.82, 2.24) is 5.32 Å². The van der Waals surface area contributed by atoms with E-state index in [-0.39, 0.29) is 0 Å². The Hall–Kier alpha value is -0.280. The SMILES string of the molecule is CNCc1sc2c(Cl)ccc(Cl)c2c1C1CC1. The molecule has 0 amide bonds. The molecule has 0 aliphatic heterocycles. The van der Waals surface area contributed by atoms with Gasteiger partial charge in [0.25, 0.3) is 0 Å². The number of hydrogen-bond acceptors (Lipinski definition) is 2. The summed E-state index contributed by atoms with van der Waals surface area (Å²) in [5, 5.41) is 6.08. The molecule has 1 N–H and O–H groups in total. The summed E-state index contributed by atoms with van der Waals surface area (Å²) in [7, 11) is 1.98. The van der Waals surface area contributed by atoms with Crippen LogP contribution in [0.1, 0.15) is 29.2 Å². The van der Waals surface area contributed by atoms with Crippen LogP contribution in [0.5, 0.6) is 0 Å². The summed E-state index contributed by atoms with van der Waals surface area (Å²) in [6.45, 7) is 0.901. The third kappa shape index (κ3) is 1.97. The number of hydrogen-bond donors (Lipinski definition) is 1. The summed E-state index contributed by atoms with van der Waals surface area (Å²) in [5.41, 5.74) is 1.44. The van der Waals surface area contributed by atoms with E-state index in [1.807, 2.05) is 19.2 Å². The molecule has 1 nitrogen and oxygen atoms in total. The lowest BCUT2D eigenvalue weighted by Crippen LogP contribution is -2.04. The van der Waals surface area contributed by atoms with Crippen molar-refractivity contribution in [2.24, 2.45) is 0 Å². The molecule has 3 rings (SSSR count). The number of benzene rings is 1. The predicted molar refractivity (Wildman–Crippen MR) is 76.6 cm³/mol. The van der Waals surface area contributed by atoms with Crippen LogP contribution < -0.4 is 5.32 Å². The minimum absolute atomic E-state index is 0.697. The maximum atomic E-state index is 6.35. The summed E-state index contributed by atoms with van der Waals surface area (Å²) >= 11 is 14.4. The maximum Gasteiger partial charge on any atom is 0.0585 e. The molecule has 1 aromatic heterocycles. The minimum Gasteiger partial charge on any atom is -0.315 e. The minimum atomic E-state index is 0.697. The summed E-state index contributed by atoms with van der Waals surface area (Å²) in [6, 6.07) is 3.80. The van der Waals surface area contributed by atoms with Gasteiger partial charge in [-0.25, -0.2) is 0 Å². The van der Waals surface area contributed by atoms with Crippen LogP contribution >= 0.6 is 34.5 Å². The quantitative estimate of drug-likeness (QED) is 0.854. The molecule has 2 aromatic rings. The van der Waals surface area contributed by atoms with E-state index < -0.39 is 0 Å². The van der Waals surface area contributed by atoms with Crippen LogP contribution in [-0.2, 0) is 6.54 Å². The van der Waals surface area contributed by atoms with Crippen molar-refractivity contribution in [1.29, 1.82) is 0 Å². The maximum absolute atomic E-state index is 6.35. The molecule has 1 fully saturated rings. The molecule has 90 valence electrons. The zero-order chi connectivity index (χ0) is 12.0. The van der Waals surface area contributed by atoms with Crippen molar-refractivity contribution in [3.05, 3.63) is 32.6 Å². The number of thiophene rings is 1. The van der Waals surface area contributed by atoms with Crippen molar-refractivity contribution in [2.45, 2.75) is 25.3 Å². The Kier molecular flexibility index (Phi) is 3.07. The Bertz CT molecular complexity index is 572. The monoisotopic (exact) mass is 285 g/mol. The number of halogens is 2. The van der Waals surface area contributed by atoms with Crippen LogP contribution in [0.4, 0.5) is 0 Å². The molecule has 17 heavy (non-hydrogen) atoms. The van der Waals surface area contributed by atoms with Gasteiger partial charge in [0.15, 0.2) is 0 Å². The molecule has 0 atom stereocenters. The van der Waals surface area contributed by atoms with Gasteiger partial charge in [0.05, 0.1) is 9.72 Å². The zero-order valence-electron chi connectivity index (χ0n) is 9.52. The lowest BCUT2D eigenvalue weighted by atomic mass is 10.1. The molecule has 1 aromatic carbocycles. The fraction of sp³-hybridized carbons (Fsp3) is 0.385. The van der Waals surface area contributed by atoms with E-state index in [0.717, 1.165) is 21.3 Å². The Morgan fingerprint density at radius 2 is 2.00 bits per heavy atom.